The third kappa shape index (κ3) is 5.08. The van der Waals surface area contributed by atoms with Crippen LogP contribution < -0.4 is 16.1 Å². The molecule has 3 aromatic carbocycles. The van der Waals surface area contributed by atoms with Crippen LogP contribution >= 0.6 is 0 Å². The SMILES string of the molecule is Oc1ccccc1C=NNc1nc(Nc2ccccc2)nc(Nc2ccccc2)n1. The van der Waals surface area contributed by atoms with Gasteiger partial charge < -0.3 is 15.7 Å². The Kier molecular flexibility index (Phi) is 5.76. The van der Waals surface area contributed by atoms with Gasteiger partial charge in [-0.1, -0.05) is 48.5 Å². The molecule has 8 heteroatoms. The molecular weight excluding hydrogens is 378 g/mol. The standard InChI is InChI=1S/C22H19N7O/c30-19-14-8-7-9-16(19)15-23-29-22-27-20(24-17-10-3-1-4-11-17)26-21(28-22)25-18-12-5-2-6-13-18/h1-15,30H,(H3,24,25,26,27,28,29). The molecular formula is C22H19N7O. The highest BCUT2D eigenvalue weighted by atomic mass is 16.3. The summed E-state index contributed by atoms with van der Waals surface area (Å²) in [5.41, 5.74) is 5.05. The summed E-state index contributed by atoms with van der Waals surface area (Å²) < 4.78 is 0. The maximum Gasteiger partial charge on any atom is 0.250 e. The van der Waals surface area contributed by atoms with E-state index >= 15 is 0 Å². The average Bonchev–Trinajstić information content (AvgIpc) is 2.76. The second-order valence-corrected chi connectivity index (χ2v) is 6.22. The quantitative estimate of drug-likeness (QED) is 0.268. The Morgan fingerprint density at radius 2 is 1.13 bits per heavy atom. The molecule has 0 amide bonds. The Bertz CT molecular complexity index is 1070. The molecule has 0 aliphatic heterocycles. The fourth-order valence-electron chi connectivity index (χ4n) is 2.60. The minimum Gasteiger partial charge on any atom is -0.507 e. The number of anilines is 5. The number of phenolic OH excluding ortho intramolecular Hbond substituents is 1. The van der Waals surface area contributed by atoms with Gasteiger partial charge in [0.25, 0.3) is 0 Å². The molecule has 0 fully saturated rings. The Morgan fingerprint density at radius 3 is 1.70 bits per heavy atom. The number of aromatic hydroxyl groups is 1. The van der Waals surface area contributed by atoms with Gasteiger partial charge in [-0.2, -0.15) is 20.1 Å². The molecule has 30 heavy (non-hydrogen) atoms. The van der Waals surface area contributed by atoms with E-state index in [0.717, 1.165) is 11.4 Å². The largest absolute Gasteiger partial charge is 0.507 e. The molecule has 0 radical (unpaired) electrons. The van der Waals surface area contributed by atoms with Gasteiger partial charge in [-0.05, 0) is 36.4 Å². The van der Waals surface area contributed by atoms with Crippen LogP contribution in [0.2, 0.25) is 0 Å². The van der Waals surface area contributed by atoms with Crippen molar-refractivity contribution in [2.24, 2.45) is 5.10 Å². The summed E-state index contributed by atoms with van der Waals surface area (Å²) in [6.45, 7) is 0. The number of hydrogen-bond acceptors (Lipinski definition) is 8. The second kappa shape index (κ2) is 9.16. The Morgan fingerprint density at radius 1 is 0.633 bits per heavy atom. The van der Waals surface area contributed by atoms with Gasteiger partial charge in [0, 0.05) is 16.9 Å². The molecule has 4 N–H and O–H groups in total. The Hall–Kier alpha value is -4.46. The van der Waals surface area contributed by atoms with E-state index in [1.54, 1.807) is 18.2 Å². The zero-order chi connectivity index (χ0) is 20.6. The van der Waals surface area contributed by atoms with Crippen LogP contribution in [0.15, 0.2) is 90.0 Å². The van der Waals surface area contributed by atoms with Crippen molar-refractivity contribution in [1.82, 2.24) is 15.0 Å². The van der Waals surface area contributed by atoms with E-state index in [1.165, 1.54) is 6.21 Å². The van der Waals surface area contributed by atoms with Gasteiger partial charge in [0.05, 0.1) is 6.21 Å². The molecule has 0 atom stereocenters. The van der Waals surface area contributed by atoms with Crippen molar-refractivity contribution in [3.05, 3.63) is 90.5 Å². The molecule has 148 valence electrons. The summed E-state index contributed by atoms with van der Waals surface area (Å²) in [6, 6.07) is 26.1. The normalized spacial score (nSPS) is 10.7. The minimum absolute atomic E-state index is 0.136. The zero-order valence-corrected chi connectivity index (χ0v) is 15.9. The van der Waals surface area contributed by atoms with Gasteiger partial charge in [0.2, 0.25) is 17.8 Å². The van der Waals surface area contributed by atoms with E-state index in [4.69, 9.17) is 0 Å². The lowest BCUT2D eigenvalue weighted by Gasteiger charge is -2.10. The smallest absolute Gasteiger partial charge is 0.250 e. The third-order valence-electron chi connectivity index (χ3n) is 4.00. The lowest BCUT2D eigenvalue weighted by atomic mass is 10.2. The van der Waals surface area contributed by atoms with Gasteiger partial charge in [0.15, 0.2) is 0 Å². The lowest BCUT2D eigenvalue weighted by molar-refractivity contribution is 0.474. The van der Waals surface area contributed by atoms with Crippen molar-refractivity contribution >= 4 is 35.4 Å². The van der Waals surface area contributed by atoms with Crippen molar-refractivity contribution in [3.63, 3.8) is 0 Å². The number of phenols is 1. The summed E-state index contributed by atoms with van der Waals surface area (Å²) in [5, 5.41) is 20.3. The number of hydrazone groups is 1. The van der Waals surface area contributed by atoms with Crippen LogP contribution in [0.4, 0.5) is 29.2 Å². The highest BCUT2D eigenvalue weighted by Crippen LogP contribution is 2.18. The first kappa shape index (κ1) is 18.9. The molecule has 0 bridgehead atoms. The number of benzene rings is 3. The molecule has 0 saturated heterocycles. The summed E-state index contributed by atoms with van der Waals surface area (Å²) in [6.07, 6.45) is 1.49. The summed E-state index contributed by atoms with van der Waals surface area (Å²) in [7, 11) is 0. The zero-order valence-electron chi connectivity index (χ0n) is 15.9. The second-order valence-electron chi connectivity index (χ2n) is 6.22. The first-order valence-electron chi connectivity index (χ1n) is 9.23. The minimum atomic E-state index is 0.136. The summed E-state index contributed by atoms with van der Waals surface area (Å²) >= 11 is 0. The van der Waals surface area contributed by atoms with Gasteiger partial charge in [0.1, 0.15) is 5.75 Å². The molecule has 0 saturated carbocycles. The van der Waals surface area contributed by atoms with E-state index in [1.807, 2.05) is 66.7 Å². The van der Waals surface area contributed by atoms with Gasteiger partial charge in [-0.3, -0.25) is 0 Å². The number of nitrogens with one attached hydrogen (secondary N) is 3. The molecule has 0 unspecified atom stereocenters. The van der Waals surface area contributed by atoms with Crippen molar-refractivity contribution in [2.45, 2.75) is 0 Å². The molecule has 0 aliphatic carbocycles. The molecule has 0 aliphatic rings. The molecule has 4 rings (SSSR count). The van der Waals surface area contributed by atoms with Crippen molar-refractivity contribution in [1.29, 1.82) is 0 Å². The number of hydrogen-bond donors (Lipinski definition) is 4. The van der Waals surface area contributed by atoms with E-state index in [2.05, 4.69) is 36.1 Å². The van der Waals surface area contributed by atoms with Crippen LogP contribution in [0.1, 0.15) is 5.56 Å². The van der Waals surface area contributed by atoms with Crippen LogP contribution in [0, 0.1) is 0 Å². The molecule has 8 nitrogen and oxygen atoms in total. The van der Waals surface area contributed by atoms with Gasteiger partial charge >= 0.3 is 0 Å². The van der Waals surface area contributed by atoms with Crippen LogP contribution in [-0.4, -0.2) is 26.3 Å². The maximum atomic E-state index is 9.84. The van der Waals surface area contributed by atoms with E-state index < -0.39 is 0 Å². The predicted octanol–water partition coefficient (Wildman–Crippen LogP) is 4.51. The number of para-hydroxylation sites is 3. The van der Waals surface area contributed by atoms with E-state index in [-0.39, 0.29) is 11.7 Å². The van der Waals surface area contributed by atoms with Crippen LogP contribution in [0.25, 0.3) is 0 Å². The van der Waals surface area contributed by atoms with Gasteiger partial charge in [-0.15, -0.1) is 0 Å². The van der Waals surface area contributed by atoms with E-state index in [9.17, 15) is 5.11 Å². The summed E-state index contributed by atoms with van der Waals surface area (Å²) in [5.74, 6) is 1.09. The monoisotopic (exact) mass is 397 g/mol. The Labute approximate surface area is 173 Å². The van der Waals surface area contributed by atoms with Gasteiger partial charge in [-0.25, -0.2) is 5.43 Å². The number of nitrogens with zero attached hydrogens (tertiary/aromatic N) is 4. The molecule has 1 aromatic heterocycles. The van der Waals surface area contributed by atoms with Crippen molar-refractivity contribution in [2.75, 3.05) is 16.1 Å². The number of rotatable bonds is 7. The Balaban J connectivity index is 1.58. The predicted molar refractivity (Wildman–Crippen MR) is 119 cm³/mol. The first-order valence-corrected chi connectivity index (χ1v) is 9.23. The lowest BCUT2D eigenvalue weighted by Crippen LogP contribution is -2.07. The highest BCUT2D eigenvalue weighted by molar-refractivity contribution is 5.83. The fourth-order valence-corrected chi connectivity index (χ4v) is 2.60. The summed E-state index contributed by atoms with van der Waals surface area (Å²) in [4.78, 5) is 13.2. The maximum absolute atomic E-state index is 9.84. The topological polar surface area (TPSA) is 107 Å². The first-order chi connectivity index (χ1) is 14.8. The highest BCUT2D eigenvalue weighted by Gasteiger charge is 2.07. The van der Waals surface area contributed by atoms with Crippen molar-refractivity contribution < 1.29 is 5.11 Å². The van der Waals surface area contributed by atoms with Crippen LogP contribution in [0.3, 0.4) is 0 Å². The fraction of sp³-hybridized carbons (Fsp3) is 0. The van der Waals surface area contributed by atoms with Crippen molar-refractivity contribution in [3.8, 4) is 5.75 Å². The van der Waals surface area contributed by atoms with Crippen LogP contribution in [0.5, 0.6) is 5.75 Å². The van der Waals surface area contributed by atoms with E-state index in [0.29, 0.717) is 17.5 Å². The average molecular weight is 397 g/mol. The van der Waals surface area contributed by atoms with Crippen LogP contribution in [-0.2, 0) is 0 Å². The number of aromatic nitrogens is 3. The molecule has 1 heterocycles. The molecule has 4 aromatic rings. The third-order valence-corrected chi connectivity index (χ3v) is 4.00. The molecule has 0 spiro atoms.